The summed E-state index contributed by atoms with van der Waals surface area (Å²) in [7, 11) is 2.06. The van der Waals surface area contributed by atoms with Gasteiger partial charge in [0, 0.05) is 24.3 Å². The van der Waals surface area contributed by atoms with Crippen LogP contribution in [-0.2, 0) is 4.79 Å². The minimum absolute atomic E-state index is 0.365. The average molecular weight is 360 g/mol. The van der Waals surface area contributed by atoms with E-state index in [-0.39, 0.29) is 0 Å². The number of rotatable bonds is 18. The van der Waals surface area contributed by atoms with Crippen molar-refractivity contribution in [2.45, 2.75) is 77.3 Å². The number of likely N-dealkylation sites (N-methyl/N-ethyl adjacent to an activating group) is 2. The molecule has 2 atom stereocenters. The minimum Gasteiger partial charge on any atom is -0.315 e. The summed E-state index contributed by atoms with van der Waals surface area (Å²) in [6.45, 7) is 6.92. The predicted octanol–water partition coefficient (Wildman–Crippen LogP) is 3.21. The van der Waals surface area contributed by atoms with Crippen molar-refractivity contribution in [3.05, 3.63) is 0 Å². The van der Waals surface area contributed by atoms with Gasteiger partial charge in [-0.3, -0.25) is 4.79 Å². The van der Waals surface area contributed by atoms with Crippen molar-refractivity contribution in [2.75, 3.05) is 38.7 Å². The maximum absolute atomic E-state index is 11.8. The second-order valence-electron chi connectivity index (χ2n) is 6.54. The number of Topliss-reactive ketones (excluding diaryl/α,β-unsaturated/α-hetero) is 1. The number of hydrogen-bond donors (Lipinski definition) is 3. The number of ketones is 1. The van der Waals surface area contributed by atoms with Crippen molar-refractivity contribution in [1.82, 2.24) is 16.0 Å². The third kappa shape index (κ3) is 13.2. The first kappa shape index (κ1) is 23.9. The van der Waals surface area contributed by atoms with E-state index >= 15 is 0 Å². The number of nitrogens with one attached hydrogen (secondary N) is 3. The molecule has 0 unspecified atom stereocenters. The molecule has 4 nitrogen and oxygen atoms in total. The van der Waals surface area contributed by atoms with Gasteiger partial charge in [0.1, 0.15) is 5.78 Å². The lowest BCUT2D eigenvalue weighted by molar-refractivity contribution is -0.118. The first-order valence-electron chi connectivity index (χ1n) is 9.81. The van der Waals surface area contributed by atoms with E-state index in [0.717, 1.165) is 38.1 Å². The van der Waals surface area contributed by atoms with Crippen LogP contribution >= 0.6 is 11.8 Å². The molecule has 0 rings (SSSR count). The highest BCUT2D eigenvalue weighted by molar-refractivity contribution is 7.98. The molecule has 0 radical (unpaired) electrons. The fourth-order valence-corrected chi connectivity index (χ4v) is 3.69. The van der Waals surface area contributed by atoms with Crippen molar-refractivity contribution in [2.24, 2.45) is 0 Å². The first-order valence-corrected chi connectivity index (χ1v) is 11.2. The number of hydrogen-bond acceptors (Lipinski definition) is 5. The van der Waals surface area contributed by atoms with Gasteiger partial charge in [-0.05, 0) is 45.7 Å². The van der Waals surface area contributed by atoms with E-state index in [1.807, 2.05) is 11.8 Å². The molecular weight excluding hydrogens is 318 g/mol. The summed E-state index contributed by atoms with van der Waals surface area (Å²) in [5, 5.41) is 10.3. The molecule has 0 amide bonds. The highest BCUT2D eigenvalue weighted by Crippen LogP contribution is 2.11. The summed E-state index contributed by atoms with van der Waals surface area (Å²) in [4.78, 5) is 11.8. The van der Waals surface area contributed by atoms with Gasteiger partial charge in [-0.2, -0.15) is 11.8 Å². The molecule has 24 heavy (non-hydrogen) atoms. The second-order valence-corrected chi connectivity index (χ2v) is 7.45. The molecule has 0 spiro atoms. The molecule has 5 heteroatoms. The van der Waals surface area contributed by atoms with E-state index in [0.29, 0.717) is 24.4 Å². The Hall–Kier alpha value is -0.100. The normalized spacial score (nSPS) is 13.8. The van der Waals surface area contributed by atoms with Crippen LogP contribution in [-0.4, -0.2) is 56.6 Å². The van der Waals surface area contributed by atoms with Gasteiger partial charge in [-0.1, -0.05) is 39.5 Å². The van der Waals surface area contributed by atoms with E-state index in [9.17, 15) is 4.79 Å². The molecule has 0 aliphatic rings. The summed E-state index contributed by atoms with van der Waals surface area (Å²) in [5.41, 5.74) is 0. The Morgan fingerprint density at radius 3 is 2.46 bits per heavy atom. The zero-order chi connectivity index (χ0) is 18.0. The zero-order valence-corrected chi connectivity index (χ0v) is 17.3. The Bertz CT molecular complexity index is 284. The van der Waals surface area contributed by atoms with E-state index < -0.39 is 0 Å². The van der Waals surface area contributed by atoms with E-state index in [1.54, 1.807) is 0 Å². The van der Waals surface area contributed by atoms with E-state index in [4.69, 9.17) is 0 Å². The van der Waals surface area contributed by atoms with Gasteiger partial charge in [0.05, 0.1) is 6.54 Å². The van der Waals surface area contributed by atoms with Crippen LogP contribution in [0.1, 0.15) is 65.2 Å². The Balaban J connectivity index is 3.72. The largest absolute Gasteiger partial charge is 0.315 e. The predicted molar refractivity (Wildman–Crippen MR) is 109 cm³/mol. The number of carbonyl (C=O) groups excluding carboxylic acids is 1. The van der Waals surface area contributed by atoms with Crippen molar-refractivity contribution in [3.63, 3.8) is 0 Å². The molecule has 0 aromatic rings. The molecule has 144 valence electrons. The Morgan fingerprint density at radius 2 is 1.83 bits per heavy atom. The highest BCUT2D eigenvalue weighted by atomic mass is 32.2. The number of carbonyl (C=O) groups is 1. The lowest BCUT2D eigenvalue weighted by atomic mass is 10.0. The Labute approximate surface area is 154 Å². The van der Waals surface area contributed by atoms with Gasteiger partial charge in [-0.25, -0.2) is 0 Å². The standard InChI is InChI=1S/C19H41N3OS/c1-5-7-11-14-21-15-17(23)12-9-8-10-13-18(20-3)19(16-24-4)22-6-2/h18-22H,5-16H2,1-4H3/t18-,19+/m1/s1. The Morgan fingerprint density at radius 1 is 1.04 bits per heavy atom. The van der Waals surface area contributed by atoms with Crippen LogP contribution in [0.3, 0.4) is 0 Å². The maximum Gasteiger partial charge on any atom is 0.146 e. The van der Waals surface area contributed by atoms with Crippen molar-refractivity contribution in [1.29, 1.82) is 0 Å². The van der Waals surface area contributed by atoms with Crippen molar-refractivity contribution >= 4 is 17.5 Å². The third-order valence-corrected chi connectivity index (χ3v) is 5.11. The summed E-state index contributed by atoms with van der Waals surface area (Å²) in [5.74, 6) is 1.51. The van der Waals surface area contributed by atoms with Crippen LogP contribution in [0.5, 0.6) is 0 Å². The van der Waals surface area contributed by atoms with Crippen LogP contribution in [0.4, 0.5) is 0 Å². The third-order valence-electron chi connectivity index (χ3n) is 4.42. The number of unbranched alkanes of at least 4 members (excludes halogenated alkanes) is 4. The number of thioether (sulfide) groups is 1. The van der Waals surface area contributed by atoms with Gasteiger partial charge >= 0.3 is 0 Å². The highest BCUT2D eigenvalue weighted by Gasteiger charge is 2.17. The van der Waals surface area contributed by atoms with Crippen LogP contribution in [0, 0.1) is 0 Å². The smallest absolute Gasteiger partial charge is 0.146 e. The fourth-order valence-electron chi connectivity index (χ4n) is 2.99. The Kier molecular flexibility index (Phi) is 17.6. The van der Waals surface area contributed by atoms with Crippen LogP contribution < -0.4 is 16.0 Å². The zero-order valence-electron chi connectivity index (χ0n) is 16.5. The summed E-state index contributed by atoms with van der Waals surface area (Å²) in [6.07, 6.45) is 11.1. The molecule has 0 bridgehead atoms. The van der Waals surface area contributed by atoms with Crippen LogP contribution in [0.2, 0.25) is 0 Å². The first-order chi connectivity index (χ1) is 11.7. The molecular formula is C19H41N3OS. The lowest BCUT2D eigenvalue weighted by Crippen LogP contribution is -2.48. The van der Waals surface area contributed by atoms with Gasteiger partial charge in [0.25, 0.3) is 0 Å². The van der Waals surface area contributed by atoms with E-state index in [2.05, 4.69) is 43.1 Å². The summed E-state index contributed by atoms with van der Waals surface area (Å²) >= 11 is 1.90. The monoisotopic (exact) mass is 359 g/mol. The van der Waals surface area contributed by atoms with Crippen LogP contribution in [0.25, 0.3) is 0 Å². The van der Waals surface area contributed by atoms with Gasteiger partial charge in [0.15, 0.2) is 0 Å². The quantitative estimate of drug-likeness (QED) is 0.328. The minimum atomic E-state index is 0.365. The molecule has 0 aliphatic heterocycles. The summed E-state index contributed by atoms with van der Waals surface area (Å²) < 4.78 is 0. The van der Waals surface area contributed by atoms with Crippen molar-refractivity contribution < 1.29 is 4.79 Å². The SMILES string of the molecule is CCCCCNCC(=O)CCCCC[C@@H](NC)[C@H](CSC)NCC. The van der Waals surface area contributed by atoms with Crippen molar-refractivity contribution in [3.8, 4) is 0 Å². The second kappa shape index (κ2) is 17.7. The topological polar surface area (TPSA) is 53.2 Å². The molecule has 0 fully saturated rings. The molecule has 0 saturated carbocycles. The molecule has 0 heterocycles. The van der Waals surface area contributed by atoms with Gasteiger partial charge < -0.3 is 16.0 Å². The molecule has 0 aromatic carbocycles. The fraction of sp³-hybridized carbons (Fsp3) is 0.947. The van der Waals surface area contributed by atoms with Gasteiger partial charge in [0.2, 0.25) is 0 Å². The van der Waals surface area contributed by atoms with Gasteiger partial charge in [-0.15, -0.1) is 0 Å². The maximum atomic E-state index is 11.8. The molecule has 0 aliphatic carbocycles. The van der Waals surface area contributed by atoms with E-state index in [1.165, 1.54) is 32.1 Å². The lowest BCUT2D eigenvalue weighted by Gasteiger charge is -2.27. The summed E-state index contributed by atoms with van der Waals surface area (Å²) in [6, 6.07) is 1.05. The molecule has 3 N–H and O–H groups in total. The van der Waals surface area contributed by atoms with Crippen LogP contribution in [0.15, 0.2) is 0 Å². The molecule has 0 aromatic heterocycles. The molecule has 0 saturated heterocycles. The average Bonchev–Trinajstić information content (AvgIpc) is 2.58.